The fraction of sp³-hybridized carbons (Fsp3) is 0.450. The molecule has 3 unspecified atom stereocenters. The van der Waals surface area contributed by atoms with Crippen LogP contribution in [-0.2, 0) is 6.54 Å². The number of benzene rings is 1. The number of aliphatic hydroxyl groups excluding tert-OH is 1. The Balaban J connectivity index is 1.89. The molecule has 156 valence electrons. The van der Waals surface area contributed by atoms with Gasteiger partial charge in [-0.2, -0.15) is 4.98 Å². The van der Waals surface area contributed by atoms with Gasteiger partial charge in [-0.15, -0.1) is 0 Å². The van der Waals surface area contributed by atoms with E-state index in [1.54, 1.807) is 19.9 Å². The maximum atomic E-state index is 14.1. The molecule has 0 bridgehead atoms. The van der Waals surface area contributed by atoms with Crippen LogP contribution in [0.2, 0.25) is 0 Å². The molecule has 0 spiro atoms. The Morgan fingerprint density at radius 3 is 2.66 bits per heavy atom. The Morgan fingerprint density at radius 1 is 1.34 bits per heavy atom. The summed E-state index contributed by atoms with van der Waals surface area (Å²) < 4.78 is 14.1. The Kier molecular flexibility index (Phi) is 6.02. The second kappa shape index (κ2) is 8.17. The highest BCUT2D eigenvalue weighted by molar-refractivity contribution is 7.80. The van der Waals surface area contributed by atoms with Gasteiger partial charge >= 0.3 is 0 Å². The quantitative estimate of drug-likeness (QED) is 0.453. The number of rotatable bonds is 6. The molecule has 1 aliphatic carbocycles. The van der Waals surface area contributed by atoms with Gasteiger partial charge in [0.05, 0.1) is 23.4 Å². The molecule has 1 aromatic heterocycles. The Morgan fingerprint density at radius 2 is 2.07 bits per heavy atom. The van der Waals surface area contributed by atoms with Gasteiger partial charge in [-0.25, -0.2) is 9.37 Å². The van der Waals surface area contributed by atoms with Crippen LogP contribution in [0.5, 0.6) is 0 Å². The standard InChI is InChI=1S/C20H26FN5O2S/c1-10-5-4-6-13(21)12(10)9-23-19-24-11(2)16(17(22)29)18(26-19)25-14-7-8-15(27)20(14,3)28/h4-6,14-15,27-28H,7-9H2,1-3H3,(H2,22,29)(H2,23,24,25,26). The number of thiocarbonyl (C=S) groups is 1. The molecule has 7 nitrogen and oxygen atoms in total. The lowest BCUT2D eigenvalue weighted by molar-refractivity contribution is -0.0439. The third kappa shape index (κ3) is 4.31. The summed E-state index contributed by atoms with van der Waals surface area (Å²) in [6, 6.07) is 4.48. The van der Waals surface area contributed by atoms with Gasteiger partial charge in [-0.3, -0.25) is 0 Å². The number of hydrogen-bond acceptors (Lipinski definition) is 7. The lowest BCUT2D eigenvalue weighted by atomic mass is 9.98. The van der Waals surface area contributed by atoms with Crippen LogP contribution in [0.15, 0.2) is 18.2 Å². The molecule has 1 fully saturated rings. The van der Waals surface area contributed by atoms with Gasteiger partial charge < -0.3 is 26.6 Å². The third-order valence-corrected chi connectivity index (χ3v) is 5.74. The number of halogens is 1. The third-order valence-electron chi connectivity index (χ3n) is 5.53. The maximum Gasteiger partial charge on any atom is 0.225 e. The SMILES string of the molecule is Cc1cccc(F)c1CNc1nc(C)c(C(N)=S)c(NC2CCC(O)C2(C)O)n1. The van der Waals surface area contributed by atoms with E-state index in [1.165, 1.54) is 6.07 Å². The average Bonchev–Trinajstić information content (AvgIpc) is 2.87. The van der Waals surface area contributed by atoms with Crippen molar-refractivity contribution in [3.05, 3.63) is 46.4 Å². The van der Waals surface area contributed by atoms with E-state index in [2.05, 4.69) is 20.6 Å². The minimum absolute atomic E-state index is 0.125. The molecule has 6 N–H and O–H groups in total. The molecule has 29 heavy (non-hydrogen) atoms. The van der Waals surface area contributed by atoms with Crippen molar-refractivity contribution in [3.63, 3.8) is 0 Å². The normalized spacial score (nSPS) is 23.8. The van der Waals surface area contributed by atoms with E-state index in [0.717, 1.165) is 5.56 Å². The lowest BCUT2D eigenvalue weighted by Gasteiger charge is -2.30. The second-order valence-corrected chi connectivity index (χ2v) is 8.07. The van der Waals surface area contributed by atoms with Crippen molar-refractivity contribution in [2.24, 2.45) is 5.73 Å². The number of hydrogen-bond donors (Lipinski definition) is 5. The van der Waals surface area contributed by atoms with Crippen LogP contribution in [0.1, 0.15) is 42.1 Å². The maximum absolute atomic E-state index is 14.1. The highest BCUT2D eigenvalue weighted by Gasteiger charge is 2.45. The van der Waals surface area contributed by atoms with Crippen molar-refractivity contribution in [3.8, 4) is 0 Å². The Bertz CT molecular complexity index is 917. The number of nitrogens with two attached hydrogens (primary N) is 1. The summed E-state index contributed by atoms with van der Waals surface area (Å²) in [5.41, 5.74) is 6.94. The van der Waals surface area contributed by atoms with E-state index < -0.39 is 17.7 Å². The van der Waals surface area contributed by atoms with Crippen LogP contribution < -0.4 is 16.4 Å². The first-order chi connectivity index (χ1) is 13.6. The molecule has 0 radical (unpaired) electrons. The van der Waals surface area contributed by atoms with E-state index >= 15 is 0 Å². The number of nitrogens with zero attached hydrogens (tertiary/aromatic N) is 2. The molecule has 1 saturated carbocycles. The van der Waals surface area contributed by atoms with Crippen LogP contribution in [0.3, 0.4) is 0 Å². The molecule has 1 aromatic carbocycles. The van der Waals surface area contributed by atoms with Crippen molar-refractivity contribution < 1.29 is 14.6 Å². The zero-order valence-electron chi connectivity index (χ0n) is 16.7. The molecule has 1 aliphatic rings. The average molecular weight is 420 g/mol. The molecule has 0 aliphatic heterocycles. The molecule has 9 heteroatoms. The minimum Gasteiger partial charge on any atom is -0.390 e. The summed E-state index contributed by atoms with van der Waals surface area (Å²) in [7, 11) is 0. The van der Waals surface area contributed by atoms with Crippen LogP contribution in [-0.4, -0.2) is 42.9 Å². The van der Waals surface area contributed by atoms with E-state index in [0.29, 0.717) is 35.5 Å². The topological polar surface area (TPSA) is 116 Å². The van der Waals surface area contributed by atoms with Gasteiger partial charge in [0.2, 0.25) is 5.95 Å². The number of nitrogens with one attached hydrogen (secondary N) is 2. The van der Waals surface area contributed by atoms with E-state index in [1.807, 2.05) is 13.0 Å². The monoisotopic (exact) mass is 419 g/mol. The molecule has 0 saturated heterocycles. The van der Waals surface area contributed by atoms with Crippen molar-refractivity contribution in [2.45, 2.75) is 57.9 Å². The number of aliphatic hydroxyl groups is 2. The van der Waals surface area contributed by atoms with Gasteiger partial charge in [0, 0.05) is 12.1 Å². The Labute approximate surface area is 174 Å². The highest BCUT2D eigenvalue weighted by atomic mass is 32.1. The molecular formula is C20H26FN5O2S. The van der Waals surface area contributed by atoms with Crippen molar-refractivity contribution in [1.82, 2.24) is 9.97 Å². The summed E-state index contributed by atoms with van der Waals surface area (Å²) in [6.45, 7) is 5.38. The van der Waals surface area contributed by atoms with Crippen LogP contribution in [0, 0.1) is 19.7 Å². The number of anilines is 2. The largest absolute Gasteiger partial charge is 0.390 e. The van der Waals surface area contributed by atoms with E-state index in [-0.39, 0.29) is 23.3 Å². The molecule has 0 amide bonds. The zero-order chi connectivity index (χ0) is 21.3. The summed E-state index contributed by atoms with van der Waals surface area (Å²) in [6.07, 6.45) is 0.192. The fourth-order valence-corrected chi connectivity index (χ4v) is 3.88. The van der Waals surface area contributed by atoms with Crippen molar-refractivity contribution in [1.29, 1.82) is 0 Å². The summed E-state index contributed by atoms with van der Waals surface area (Å²) in [5, 5.41) is 26.8. The van der Waals surface area contributed by atoms with Crippen LogP contribution >= 0.6 is 12.2 Å². The van der Waals surface area contributed by atoms with Gasteiger partial charge in [0.15, 0.2) is 0 Å². The Hall–Kier alpha value is -2.36. The first-order valence-electron chi connectivity index (χ1n) is 9.44. The number of aryl methyl sites for hydroxylation is 2. The molecule has 3 rings (SSSR count). The van der Waals surface area contributed by atoms with Gasteiger partial charge in [0.1, 0.15) is 22.2 Å². The van der Waals surface area contributed by atoms with Crippen LogP contribution in [0.4, 0.5) is 16.2 Å². The predicted molar refractivity (Wildman–Crippen MR) is 114 cm³/mol. The van der Waals surface area contributed by atoms with Gasteiger partial charge in [-0.05, 0) is 45.2 Å². The molecule has 2 aromatic rings. The number of aromatic nitrogens is 2. The van der Waals surface area contributed by atoms with E-state index in [4.69, 9.17) is 18.0 Å². The predicted octanol–water partition coefficient (Wildman–Crippen LogP) is 2.17. The van der Waals surface area contributed by atoms with Crippen LogP contribution in [0.25, 0.3) is 0 Å². The lowest BCUT2D eigenvalue weighted by Crippen LogP contribution is -2.47. The second-order valence-electron chi connectivity index (χ2n) is 7.63. The summed E-state index contributed by atoms with van der Waals surface area (Å²) in [4.78, 5) is 8.98. The highest BCUT2D eigenvalue weighted by Crippen LogP contribution is 2.33. The van der Waals surface area contributed by atoms with Crippen molar-refractivity contribution in [2.75, 3.05) is 10.6 Å². The fourth-order valence-electron chi connectivity index (χ4n) is 3.63. The van der Waals surface area contributed by atoms with Gasteiger partial charge in [0.25, 0.3) is 0 Å². The molecular weight excluding hydrogens is 393 g/mol. The van der Waals surface area contributed by atoms with Crippen molar-refractivity contribution >= 4 is 29.0 Å². The molecule has 3 atom stereocenters. The first-order valence-corrected chi connectivity index (χ1v) is 9.85. The first kappa shape index (κ1) is 21.4. The molecule has 1 heterocycles. The minimum atomic E-state index is -1.32. The zero-order valence-corrected chi connectivity index (χ0v) is 17.5. The summed E-state index contributed by atoms with van der Waals surface area (Å²) >= 11 is 5.15. The van der Waals surface area contributed by atoms with E-state index in [9.17, 15) is 14.6 Å². The smallest absolute Gasteiger partial charge is 0.225 e. The summed E-state index contributed by atoms with van der Waals surface area (Å²) in [5.74, 6) is 0.353. The van der Waals surface area contributed by atoms with Gasteiger partial charge in [-0.1, -0.05) is 24.4 Å².